The van der Waals surface area contributed by atoms with Crippen molar-refractivity contribution in [3.8, 4) is 28.5 Å². The minimum atomic E-state index is -0.323. The molecule has 4 rings (SSSR count). The molecule has 10 heteroatoms. The fourth-order valence-electron chi connectivity index (χ4n) is 2.54. The van der Waals surface area contributed by atoms with Crippen molar-refractivity contribution in [2.45, 2.75) is 10.9 Å². The molecule has 0 fully saturated rings. The maximum absolute atomic E-state index is 13.0. The van der Waals surface area contributed by atoms with Crippen LogP contribution in [0.4, 0.5) is 4.39 Å². The number of methoxy groups -OCH3 is 1. The number of nitrogen functional groups attached to an aromatic ring is 1. The lowest BCUT2D eigenvalue weighted by Gasteiger charge is -2.07. The van der Waals surface area contributed by atoms with Crippen LogP contribution in [0.1, 0.15) is 5.89 Å². The van der Waals surface area contributed by atoms with Gasteiger partial charge in [-0.2, -0.15) is 4.98 Å². The van der Waals surface area contributed by atoms with Crippen molar-refractivity contribution in [1.29, 1.82) is 0 Å². The third-order valence-corrected chi connectivity index (χ3v) is 4.84. The normalized spacial score (nSPS) is 10.9. The molecule has 2 aromatic carbocycles. The van der Waals surface area contributed by atoms with E-state index in [0.717, 1.165) is 5.56 Å². The molecule has 28 heavy (non-hydrogen) atoms. The molecule has 2 heterocycles. The summed E-state index contributed by atoms with van der Waals surface area (Å²) in [5, 5.41) is 12.7. The Bertz CT molecular complexity index is 1100. The molecule has 0 unspecified atom stereocenters. The number of hydrogen-bond acceptors (Lipinski definition) is 8. The third kappa shape index (κ3) is 3.54. The van der Waals surface area contributed by atoms with Crippen LogP contribution >= 0.6 is 11.8 Å². The van der Waals surface area contributed by atoms with Crippen molar-refractivity contribution < 1.29 is 13.7 Å². The van der Waals surface area contributed by atoms with Gasteiger partial charge in [0.05, 0.1) is 18.4 Å². The summed E-state index contributed by atoms with van der Waals surface area (Å²) in [6, 6.07) is 13.3. The number of thioether (sulfide) groups is 1. The molecule has 0 spiro atoms. The number of para-hydroxylation sites is 1. The van der Waals surface area contributed by atoms with Gasteiger partial charge in [0, 0.05) is 5.56 Å². The smallest absolute Gasteiger partial charge is 0.237 e. The van der Waals surface area contributed by atoms with Gasteiger partial charge in [-0.15, -0.1) is 10.2 Å². The van der Waals surface area contributed by atoms with Gasteiger partial charge in [-0.3, -0.25) is 0 Å². The molecule has 8 nitrogen and oxygen atoms in total. The van der Waals surface area contributed by atoms with Gasteiger partial charge in [-0.25, -0.2) is 9.07 Å². The molecule has 2 N–H and O–H groups in total. The van der Waals surface area contributed by atoms with Gasteiger partial charge in [0.1, 0.15) is 11.6 Å². The Kier molecular flexibility index (Phi) is 4.94. The zero-order chi connectivity index (χ0) is 19.5. The highest BCUT2D eigenvalue weighted by Crippen LogP contribution is 2.30. The molecule has 4 aromatic rings. The minimum absolute atomic E-state index is 0.323. The van der Waals surface area contributed by atoms with E-state index >= 15 is 0 Å². The number of halogens is 1. The van der Waals surface area contributed by atoms with Crippen molar-refractivity contribution in [2.75, 3.05) is 13.0 Å². The Morgan fingerprint density at radius 2 is 1.93 bits per heavy atom. The highest BCUT2D eigenvalue weighted by molar-refractivity contribution is 7.98. The molecule has 0 bridgehead atoms. The van der Waals surface area contributed by atoms with Gasteiger partial charge in [0.15, 0.2) is 5.82 Å². The predicted molar refractivity (Wildman–Crippen MR) is 101 cm³/mol. The van der Waals surface area contributed by atoms with Gasteiger partial charge in [-0.05, 0) is 36.4 Å². The SMILES string of the molecule is COc1ccccc1-c1nnc(SCc2nc(-c3ccc(F)cc3)no2)n1N. The van der Waals surface area contributed by atoms with Gasteiger partial charge in [0.25, 0.3) is 0 Å². The topological polar surface area (TPSA) is 105 Å². The lowest BCUT2D eigenvalue weighted by Crippen LogP contribution is -2.12. The number of nitrogens with two attached hydrogens (primary N) is 1. The Labute approximate surface area is 163 Å². The summed E-state index contributed by atoms with van der Waals surface area (Å²) >= 11 is 1.31. The highest BCUT2D eigenvalue weighted by atomic mass is 32.2. The number of aromatic nitrogens is 5. The molecule has 0 amide bonds. The Balaban J connectivity index is 1.49. The lowest BCUT2D eigenvalue weighted by atomic mass is 10.2. The van der Waals surface area contributed by atoms with E-state index in [1.54, 1.807) is 19.2 Å². The molecule has 0 aliphatic rings. The summed E-state index contributed by atoms with van der Waals surface area (Å²) in [7, 11) is 1.58. The first-order chi connectivity index (χ1) is 13.7. The molecule has 2 aromatic heterocycles. The Morgan fingerprint density at radius 1 is 1.14 bits per heavy atom. The van der Waals surface area contributed by atoms with Crippen molar-refractivity contribution in [2.24, 2.45) is 0 Å². The highest BCUT2D eigenvalue weighted by Gasteiger charge is 2.17. The monoisotopic (exact) mass is 398 g/mol. The molecule has 142 valence electrons. The van der Waals surface area contributed by atoms with Gasteiger partial charge in [0.2, 0.25) is 16.9 Å². The predicted octanol–water partition coefficient (Wildman–Crippen LogP) is 3.15. The quantitative estimate of drug-likeness (QED) is 0.390. The summed E-state index contributed by atoms with van der Waals surface area (Å²) in [6.07, 6.45) is 0. The zero-order valence-corrected chi connectivity index (χ0v) is 15.6. The summed E-state index contributed by atoms with van der Waals surface area (Å²) < 4.78 is 25.0. The molecule has 0 saturated heterocycles. The van der Waals surface area contributed by atoms with Crippen molar-refractivity contribution in [3.05, 3.63) is 60.2 Å². The first kappa shape index (κ1) is 18.0. The van der Waals surface area contributed by atoms with Crippen LogP contribution in [0.15, 0.2) is 58.2 Å². The van der Waals surface area contributed by atoms with Crippen LogP contribution < -0.4 is 10.6 Å². The van der Waals surface area contributed by atoms with Crippen LogP contribution in [0.3, 0.4) is 0 Å². The van der Waals surface area contributed by atoms with Gasteiger partial charge < -0.3 is 15.1 Å². The van der Waals surface area contributed by atoms with E-state index in [-0.39, 0.29) is 5.82 Å². The molecule has 0 atom stereocenters. The first-order valence-corrected chi connectivity index (χ1v) is 9.19. The summed E-state index contributed by atoms with van der Waals surface area (Å²) in [4.78, 5) is 4.31. The number of benzene rings is 2. The summed E-state index contributed by atoms with van der Waals surface area (Å²) in [6.45, 7) is 0. The summed E-state index contributed by atoms with van der Waals surface area (Å²) in [5.41, 5.74) is 1.41. The average molecular weight is 398 g/mol. The maximum Gasteiger partial charge on any atom is 0.237 e. The van der Waals surface area contributed by atoms with Crippen molar-refractivity contribution >= 4 is 11.8 Å². The first-order valence-electron chi connectivity index (χ1n) is 8.21. The standard InChI is InChI=1S/C18H15FN6O2S/c1-26-14-5-3-2-4-13(14)17-22-23-18(25(17)20)28-10-15-21-16(24-27-15)11-6-8-12(19)9-7-11/h2-9H,10,20H2,1H3. The fourth-order valence-corrected chi connectivity index (χ4v) is 3.24. The van der Waals surface area contributed by atoms with Crippen LogP contribution in [0.2, 0.25) is 0 Å². The minimum Gasteiger partial charge on any atom is -0.496 e. The van der Waals surface area contributed by atoms with Crippen LogP contribution in [0.5, 0.6) is 5.75 Å². The zero-order valence-electron chi connectivity index (χ0n) is 14.7. The maximum atomic E-state index is 13.0. The largest absolute Gasteiger partial charge is 0.496 e. The van der Waals surface area contributed by atoms with E-state index in [1.165, 1.54) is 28.6 Å². The van der Waals surface area contributed by atoms with E-state index < -0.39 is 0 Å². The Hall–Kier alpha value is -3.40. The molecular formula is C18H15FN6O2S. The average Bonchev–Trinajstić information content (AvgIpc) is 3.34. The molecule has 0 saturated carbocycles. The van der Waals surface area contributed by atoms with Crippen molar-refractivity contribution in [1.82, 2.24) is 25.0 Å². The summed E-state index contributed by atoms with van der Waals surface area (Å²) in [5.74, 6) is 8.10. The molecule has 0 radical (unpaired) electrons. The molecular weight excluding hydrogens is 383 g/mol. The van der Waals surface area contributed by atoms with E-state index in [4.69, 9.17) is 15.1 Å². The van der Waals surface area contributed by atoms with Crippen LogP contribution in [0, 0.1) is 5.82 Å². The second-order valence-electron chi connectivity index (χ2n) is 5.68. The fraction of sp³-hybridized carbons (Fsp3) is 0.111. The van der Waals surface area contributed by atoms with Crippen LogP contribution in [-0.2, 0) is 5.75 Å². The van der Waals surface area contributed by atoms with E-state index in [0.29, 0.717) is 39.8 Å². The van der Waals surface area contributed by atoms with Gasteiger partial charge >= 0.3 is 0 Å². The van der Waals surface area contributed by atoms with E-state index in [2.05, 4.69) is 20.3 Å². The Morgan fingerprint density at radius 3 is 2.71 bits per heavy atom. The van der Waals surface area contributed by atoms with Crippen molar-refractivity contribution in [3.63, 3.8) is 0 Å². The number of hydrogen-bond donors (Lipinski definition) is 1. The second-order valence-corrected chi connectivity index (χ2v) is 6.63. The number of nitrogens with zero attached hydrogens (tertiary/aromatic N) is 5. The number of ether oxygens (including phenoxy) is 1. The second kappa shape index (κ2) is 7.69. The van der Waals surface area contributed by atoms with Crippen LogP contribution in [0.25, 0.3) is 22.8 Å². The molecule has 0 aliphatic heterocycles. The van der Waals surface area contributed by atoms with E-state index in [1.807, 2.05) is 24.3 Å². The lowest BCUT2D eigenvalue weighted by molar-refractivity contribution is 0.391. The van der Waals surface area contributed by atoms with Crippen LogP contribution in [-0.4, -0.2) is 32.1 Å². The molecule has 0 aliphatic carbocycles. The third-order valence-electron chi connectivity index (χ3n) is 3.91. The van der Waals surface area contributed by atoms with Gasteiger partial charge in [-0.1, -0.05) is 29.1 Å². The van der Waals surface area contributed by atoms with E-state index in [9.17, 15) is 4.39 Å². The number of rotatable bonds is 6.